The molecule has 0 unspecified atom stereocenters. The summed E-state index contributed by atoms with van der Waals surface area (Å²) in [7, 11) is 0. The fourth-order valence-electron chi connectivity index (χ4n) is 3.81. The Morgan fingerprint density at radius 3 is 1.24 bits per heavy atom. The predicted molar refractivity (Wildman–Crippen MR) is 146 cm³/mol. The van der Waals surface area contributed by atoms with Gasteiger partial charge in [0.25, 0.3) is 0 Å². The summed E-state index contributed by atoms with van der Waals surface area (Å²) in [5, 5.41) is 0. The minimum absolute atomic E-state index is 0.342. The second kappa shape index (κ2) is 12.9. The van der Waals surface area contributed by atoms with Crippen molar-refractivity contribution in [3.8, 4) is 22.5 Å². The number of ether oxygens (including phenoxy) is 2. The van der Waals surface area contributed by atoms with E-state index in [0.717, 1.165) is 33.6 Å². The number of carbonyl (C=O) groups excluding carboxylic acids is 2. The zero-order chi connectivity index (χ0) is 26.7. The number of aromatic nitrogens is 2. The van der Waals surface area contributed by atoms with Crippen LogP contribution >= 0.6 is 0 Å². The Morgan fingerprint density at radius 1 is 0.579 bits per heavy atom. The molecule has 6 nitrogen and oxygen atoms in total. The first-order valence-electron chi connectivity index (χ1n) is 12.5. The van der Waals surface area contributed by atoms with Crippen molar-refractivity contribution in [3.05, 3.63) is 121 Å². The lowest BCUT2D eigenvalue weighted by molar-refractivity contribution is -0.596. The highest BCUT2D eigenvalue weighted by Gasteiger charge is 2.10. The standard InChI is InChI=1S/C32H30N2O4/c1-3-37-31(35)15-9-25-5-11-29(12-6-25)33-21-17-27(18-22-33)28-19-23-34(24-20-28)30-13-7-26(8-14-30)10-16-32(36)38-4-2/h5-24H,3-4H2,1-2H3/q+2/b15-9+,16-10+. The monoisotopic (exact) mass is 506 g/mol. The minimum atomic E-state index is -0.342. The SMILES string of the molecule is CCOC(=O)/C=C/c1ccc(-[n+]2ccc(-c3cc[n+](-c4ccc(/C=C/C(=O)OCC)cc4)cc3)cc2)cc1. The first-order chi connectivity index (χ1) is 18.6. The van der Waals surface area contributed by atoms with Crippen LogP contribution in [0.15, 0.2) is 110 Å². The van der Waals surface area contributed by atoms with E-state index in [9.17, 15) is 9.59 Å². The molecule has 0 atom stereocenters. The van der Waals surface area contributed by atoms with Gasteiger partial charge in [0, 0.05) is 60.7 Å². The molecule has 2 aromatic heterocycles. The van der Waals surface area contributed by atoms with Crippen molar-refractivity contribution in [1.82, 2.24) is 0 Å². The molecule has 38 heavy (non-hydrogen) atoms. The van der Waals surface area contributed by atoms with Gasteiger partial charge in [-0.05, 0) is 72.5 Å². The second-order valence-electron chi connectivity index (χ2n) is 8.34. The van der Waals surface area contributed by atoms with Crippen LogP contribution < -0.4 is 9.13 Å². The van der Waals surface area contributed by atoms with Crippen molar-refractivity contribution in [2.45, 2.75) is 13.8 Å². The zero-order valence-corrected chi connectivity index (χ0v) is 21.5. The molecule has 190 valence electrons. The number of esters is 2. The highest BCUT2D eigenvalue weighted by Crippen LogP contribution is 2.17. The molecule has 2 heterocycles. The van der Waals surface area contributed by atoms with E-state index in [2.05, 4.69) is 24.3 Å². The third-order valence-corrected chi connectivity index (χ3v) is 5.77. The Bertz CT molecular complexity index is 1310. The van der Waals surface area contributed by atoms with Gasteiger partial charge < -0.3 is 9.47 Å². The van der Waals surface area contributed by atoms with Crippen LogP contribution in [0.25, 0.3) is 34.7 Å². The fourth-order valence-corrected chi connectivity index (χ4v) is 3.81. The quantitative estimate of drug-likeness (QED) is 0.181. The van der Waals surface area contributed by atoms with Crippen molar-refractivity contribution >= 4 is 24.1 Å². The highest BCUT2D eigenvalue weighted by atomic mass is 16.5. The Morgan fingerprint density at radius 2 is 0.921 bits per heavy atom. The van der Waals surface area contributed by atoms with Gasteiger partial charge in [0.05, 0.1) is 13.2 Å². The zero-order valence-electron chi connectivity index (χ0n) is 21.5. The smallest absolute Gasteiger partial charge is 0.330 e. The molecule has 0 fully saturated rings. The van der Waals surface area contributed by atoms with Gasteiger partial charge >= 0.3 is 11.9 Å². The molecule has 0 spiro atoms. The average Bonchev–Trinajstić information content (AvgIpc) is 2.96. The van der Waals surface area contributed by atoms with Crippen LogP contribution in [0.5, 0.6) is 0 Å². The Hall–Kier alpha value is -4.84. The van der Waals surface area contributed by atoms with Gasteiger partial charge in [-0.2, -0.15) is 9.13 Å². The second-order valence-corrected chi connectivity index (χ2v) is 8.34. The minimum Gasteiger partial charge on any atom is -0.463 e. The van der Waals surface area contributed by atoms with Gasteiger partial charge in [-0.15, -0.1) is 0 Å². The molecule has 0 N–H and O–H groups in total. The van der Waals surface area contributed by atoms with Crippen LogP contribution in [0.4, 0.5) is 0 Å². The van der Waals surface area contributed by atoms with E-state index in [4.69, 9.17) is 9.47 Å². The number of hydrogen-bond donors (Lipinski definition) is 0. The van der Waals surface area contributed by atoms with E-state index >= 15 is 0 Å². The molecule has 6 heteroatoms. The molecule has 4 rings (SSSR count). The van der Waals surface area contributed by atoms with Crippen molar-refractivity contribution in [2.24, 2.45) is 0 Å². The van der Waals surface area contributed by atoms with Crippen LogP contribution in [0, 0.1) is 0 Å². The van der Waals surface area contributed by atoms with Crippen molar-refractivity contribution in [2.75, 3.05) is 13.2 Å². The number of rotatable bonds is 9. The molecule has 0 aliphatic carbocycles. The van der Waals surface area contributed by atoms with Crippen molar-refractivity contribution in [1.29, 1.82) is 0 Å². The summed E-state index contributed by atoms with van der Waals surface area (Å²) in [5.74, 6) is -0.683. The first-order valence-corrected chi connectivity index (χ1v) is 12.5. The number of pyridine rings is 2. The molecule has 0 aliphatic rings. The maximum absolute atomic E-state index is 11.5. The number of hydrogen-bond acceptors (Lipinski definition) is 4. The van der Waals surface area contributed by atoms with Crippen LogP contribution in [0.2, 0.25) is 0 Å². The third-order valence-electron chi connectivity index (χ3n) is 5.77. The number of nitrogens with zero attached hydrogens (tertiary/aromatic N) is 2. The molecule has 0 bridgehead atoms. The van der Waals surface area contributed by atoms with Gasteiger partial charge in [-0.1, -0.05) is 0 Å². The molecule has 0 aliphatic heterocycles. The van der Waals surface area contributed by atoms with E-state index in [1.165, 1.54) is 12.2 Å². The summed E-state index contributed by atoms with van der Waals surface area (Å²) < 4.78 is 13.9. The summed E-state index contributed by atoms with van der Waals surface area (Å²) in [4.78, 5) is 23.0. The van der Waals surface area contributed by atoms with E-state index in [-0.39, 0.29) is 11.9 Å². The summed E-state index contributed by atoms with van der Waals surface area (Å²) in [6, 6.07) is 24.2. The third kappa shape index (κ3) is 7.11. The van der Waals surface area contributed by atoms with Crippen molar-refractivity contribution in [3.63, 3.8) is 0 Å². The maximum Gasteiger partial charge on any atom is 0.330 e. The topological polar surface area (TPSA) is 60.4 Å². The first kappa shape index (κ1) is 26.2. The molecule has 4 aromatic rings. The van der Waals surface area contributed by atoms with Gasteiger partial charge in [0.1, 0.15) is 0 Å². The van der Waals surface area contributed by atoms with E-state index < -0.39 is 0 Å². The summed E-state index contributed by atoms with van der Waals surface area (Å²) in [6.07, 6.45) is 14.5. The summed E-state index contributed by atoms with van der Waals surface area (Å²) in [6.45, 7) is 4.30. The molecule has 2 aromatic carbocycles. The Labute approximate surface area is 222 Å². The maximum atomic E-state index is 11.5. The number of benzene rings is 2. The molecule has 0 saturated heterocycles. The normalized spacial score (nSPS) is 11.1. The largest absolute Gasteiger partial charge is 0.463 e. The fraction of sp³-hybridized carbons (Fsp3) is 0.125. The Kier molecular flexibility index (Phi) is 8.92. The van der Waals surface area contributed by atoms with Crippen LogP contribution in [0.3, 0.4) is 0 Å². The lowest BCUT2D eigenvalue weighted by atomic mass is 10.1. The highest BCUT2D eigenvalue weighted by molar-refractivity contribution is 5.87. The van der Waals surface area contributed by atoms with E-state index in [1.54, 1.807) is 26.0 Å². The molecule has 0 saturated carbocycles. The van der Waals surface area contributed by atoms with Crippen LogP contribution in [-0.2, 0) is 19.1 Å². The predicted octanol–water partition coefficient (Wildman–Crippen LogP) is 5.06. The lowest BCUT2D eigenvalue weighted by Crippen LogP contribution is -2.29. The van der Waals surface area contributed by atoms with Crippen LogP contribution in [0.1, 0.15) is 25.0 Å². The van der Waals surface area contributed by atoms with Gasteiger partial charge in [-0.25, -0.2) is 9.59 Å². The number of carbonyl (C=O) groups is 2. The van der Waals surface area contributed by atoms with E-state index in [1.807, 2.05) is 82.5 Å². The van der Waals surface area contributed by atoms with Crippen LogP contribution in [-0.4, -0.2) is 25.2 Å². The molecular weight excluding hydrogens is 476 g/mol. The van der Waals surface area contributed by atoms with Gasteiger partial charge in [0.2, 0.25) is 11.4 Å². The van der Waals surface area contributed by atoms with Crippen molar-refractivity contribution < 1.29 is 28.2 Å². The van der Waals surface area contributed by atoms with Gasteiger partial charge in [0.15, 0.2) is 24.8 Å². The lowest BCUT2D eigenvalue weighted by Gasteiger charge is -2.02. The van der Waals surface area contributed by atoms with E-state index in [0.29, 0.717) is 13.2 Å². The average molecular weight is 507 g/mol. The Balaban J connectivity index is 1.40. The molecule has 0 amide bonds. The molecule has 0 radical (unpaired) electrons. The summed E-state index contributed by atoms with van der Waals surface area (Å²) >= 11 is 0. The van der Waals surface area contributed by atoms with Gasteiger partial charge in [-0.3, -0.25) is 0 Å². The summed E-state index contributed by atoms with van der Waals surface area (Å²) in [5.41, 5.74) is 6.13. The molecular formula is C32H30N2O4+2.